The first kappa shape index (κ1) is 13.7. The normalized spacial score (nSPS) is 10.7. The molecule has 0 N–H and O–H groups in total. The van der Waals surface area contributed by atoms with Crippen LogP contribution in [0.3, 0.4) is 0 Å². The van der Waals surface area contributed by atoms with Crippen molar-refractivity contribution in [3.05, 3.63) is 57.7 Å². The van der Waals surface area contributed by atoms with E-state index in [0.29, 0.717) is 18.1 Å². The highest BCUT2D eigenvalue weighted by molar-refractivity contribution is 9.10. The molecule has 0 unspecified atom stereocenters. The van der Waals surface area contributed by atoms with Crippen molar-refractivity contribution in [3.63, 3.8) is 0 Å². The number of benzene rings is 1. The predicted octanol–water partition coefficient (Wildman–Crippen LogP) is 2.94. The number of ether oxygens (including phenoxy) is 1. The van der Waals surface area contributed by atoms with Crippen LogP contribution in [0.4, 0.5) is 0 Å². The van der Waals surface area contributed by atoms with E-state index in [0.717, 1.165) is 4.47 Å². The van der Waals surface area contributed by atoms with Gasteiger partial charge in [-0.2, -0.15) is 4.68 Å². The number of hydrogen-bond acceptors (Lipinski definition) is 5. The summed E-state index contributed by atoms with van der Waals surface area (Å²) in [6.45, 7) is 0.593. The Balaban J connectivity index is 1.65. The quantitative estimate of drug-likeness (QED) is 0.707. The average Bonchev–Trinajstić information content (AvgIpc) is 3.09. The SMILES string of the molecule is O=c1oc(-c2ccco2)nn1CCOc1cccc(Br)c1. The zero-order valence-electron chi connectivity index (χ0n) is 10.9. The third-order valence-electron chi connectivity index (χ3n) is 2.71. The molecule has 0 aliphatic carbocycles. The molecule has 6 nitrogen and oxygen atoms in total. The van der Waals surface area contributed by atoms with Gasteiger partial charge in [0.15, 0.2) is 5.76 Å². The summed E-state index contributed by atoms with van der Waals surface area (Å²) >= 11 is 3.36. The van der Waals surface area contributed by atoms with Crippen LogP contribution < -0.4 is 10.5 Å². The predicted molar refractivity (Wildman–Crippen MR) is 78.1 cm³/mol. The lowest BCUT2D eigenvalue weighted by Gasteiger charge is -2.05. The van der Waals surface area contributed by atoms with E-state index in [1.165, 1.54) is 10.9 Å². The van der Waals surface area contributed by atoms with Crippen LogP contribution in [0.5, 0.6) is 5.75 Å². The first-order valence-corrected chi connectivity index (χ1v) is 7.02. The maximum Gasteiger partial charge on any atom is 0.437 e. The van der Waals surface area contributed by atoms with E-state index in [2.05, 4.69) is 21.0 Å². The van der Waals surface area contributed by atoms with E-state index in [1.54, 1.807) is 12.1 Å². The van der Waals surface area contributed by atoms with Crippen molar-refractivity contribution in [2.45, 2.75) is 6.54 Å². The van der Waals surface area contributed by atoms with Crippen LogP contribution in [-0.4, -0.2) is 16.4 Å². The molecule has 0 saturated carbocycles. The summed E-state index contributed by atoms with van der Waals surface area (Å²) in [6.07, 6.45) is 1.49. The summed E-state index contributed by atoms with van der Waals surface area (Å²) in [5.41, 5.74) is 0. The van der Waals surface area contributed by atoms with Crippen molar-refractivity contribution in [1.29, 1.82) is 0 Å². The number of hydrogen-bond donors (Lipinski definition) is 0. The lowest BCUT2D eigenvalue weighted by Crippen LogP contribution is -2.20. The van der Waals surface area contributed by atoms with Crippen LogP contribution in [-0.2, 0) is 6.54 Å². The highest BCUT2D eigenvalue weighted by Gasteiger charge is 2.12. The molecule has 0 bridgehead atoms. The minimum absolute atomic E-state index is 0.160. The van der Waals surface area contributed by atoms with Gasteiger partial charge in [-0.15, -0.1) is 5.10 Å². The fourth-order valence-corrected chi connectivity index (χ4v) is 2.13. The van der Waals surface area contributed by atoms with Gasteiger partial charge in [0, 0.05) is 4.47 Å². The summed E-state index contributed by atoms with van der Waals surface area (Å²) < 4.78 is 17.8. The molecule has 3 aromatic rings. The van der Waals surface area contributed by atoms with Crippen molar-refractivity contribution in [1.82, 2.24) is 9.78 Å². The Bertz CT molecular complexity index is 776. The Morgan fingerprint density at radius 2 is 2.19 bits per heavy atom. The fraction of sp³-hybridized carbons (Fsp3) is 0.143. The van der Waals surface area contributed by atoms with Gasteiger partial charge in [0.2, 0.25) is 0 Å². The number of aromatic nitrogens is 2. The van der Waals surface area contributed by atoms with Crippen molar-refractivity contribution >= 4 is 15.9 Å². The van der Waals surface area contributed by atoms with Gasteiger partial charge >= 0.3 is 5.76 Å². The second-order valence-corrected chi connectivity index (χ2v) is 5.10. The van der Waals surface area contributed by atoms with E-state index < -0.39 is 5.76 Å². The molecule has 0 aliphatic heterocycles. The number of furan rings is 1. The van der Waals surface area contributed by atoms with Crippen LogP contribution in [0.25, 0.3) is 11.7 Å². The molecule has 2 aromatic heterocycles. The standard InChI is InChI=1S/C14H11BrN2O4/c15-10-3-1-4-11(9-10)19-8-6-17-14(18)21-13(16-17)12-5-2-7-20-12/h1-5,7,9H,6,8H2. The molecular formula is C14H11BrN2O4. The van der Waals surface area contributed by atoms with Gasteiger partial charge in [0.25, 0.3) is 5.89 Å². The van der Waals surface area contributed by atoms with E-state index in [1.807, 2.05) is 24.3 Å². The lowest BCUT2D eigenvalue weighted by atomic mass is 10.3. The van der Waals surface area contributed by atoms with Gasteiger partial charge in [-0.1, -0.05) is 22.0 Å². The Labute approximate surface area is 128 Å². The van der Waals surface area contributed by atoms with Crippen molar-refractivity contribution in [3.8, 4) is 17.4 Å². The largest absolute Gasteiger partial charge is 0.492 e. The molecule has 1 aromatic carbocycles. The van der Waals surface area contributed by atoms with Gasteiger partial charge in [-0.25, -0.2) is 4.79 Å². The van der Waals surface area contributed by atoms with E-state index in [-0.39, 0.29) is 12.4 Å². The molecule has 0 spiro atoms. The maximum absolute atomic E-state index is 11.7. The molecule has 108 valence electrons. The summed E-state index contributed by atoms with van der Waals surface area (Å²) in [6, 6.07) is 10.8. The monoisotopic (exact) mass is 350 g/mol. The van der Waals surface area contributed by atoms with Gasteiger partial charge < -0.3 is 13.6 Å². The summed E-state index contributed by atoms with van der Waals surface area (Å²) in [5.74, 6) is 0.748. The molecule has 7 heteroatoms. The van der Waals surface area contributed by atoms with Crippen molar-refractivity contribution in [2.75, 3.05) is 6.61 Å². The Morgan fingerprint density at radius 1 is 1.29 bits per heavy atom. The Hall–Kier alpha value is -2.28. The molecule has 2 heterocycles. The number of nitrogens with zero attached hydrogens (tertiary/aromatic N) is 2. The smallest absolute Gasteiger partial charge is 0.437 e. The van der Waals surface area contributed by atoms with Crippen LogP contribution in [0.1, 0.15) is 0 Å². The fourth-order valence-electron chi connectivity index (χ4n) is 1.75. The maximum atomic E-state index is 11.7. The molecule has 0 amide bonds. The highest BCUT2D eigenvalue weighted by Crippen LogP contribution is 2.18. The summed E-state index contributed by atoms with van der Waals surface area (Å²) in [7, 11) is 0. The van der Waals surface area contributed by atoms with Crippen LogP contribution in [0.15, 0.2) is 60.8 Å². The van der Waals surface area contributed by atoms with Crippen LogP contribution in [0.2, 0.25) is 0 Å². The van der Waals surface area contributed by atoms with Crippen LogP contribution >= 0.6 is 15.9 Å². The molecule has 0 fully saturated rings. The van der Waals surface area contributed by atoms with E-state index in [4.69, 9.17) is 13.6 Å². The van der Waals surface area contributed by atoms with E-state index in [9.17, 15) is 4.79 Å². The second kappa shape index (κ2) is 6.01. The third-order valence-corrected chi connectivity index (χ3v) is 3.20. The zero-order valence-corrected chi connectivity index (χ0v) is 12.4. The Morgan fingerprint density at radius 3 is 2.95 bits per heavy atom. The second-order valence-electron chi connectivity index (χ2n) is 4.18. The summed E-state index contributed by atoms with van der Waals surface area (Å²) in [5, 5.41) is 4.06. The molecule has 0 radical (unpaired) electrons. The van der Waals surface area contributed by atoms with Crippen molar-refractivity contribution in [2.24, 2.45) is 0 Å². The minimum atomic E-state index is -0.542. The average molecular weight is 351 g/mol. The topological polar surface area (TPSA) is 70.4 Å². The molecule has 21 heavy (non-hydrogen) atoms. The molecule has 0 aliphatic rings. The third kappa shape index (κ3) is 3.25. The molecular weight excluding hydrogens is 340 g/mol. The van der Waals surface area contributed by atoms with E-state index >= 15 is 0 Å². The van der Waals surface area contributed by atoms with Crippen LogP contribution in [0, 0.1) is 0 Å². The highest BCUT2D eigenvalue weighted by atomic mass is 79.9. The van der Waals surface area contributed by atoms with Gasteiger partial charge in [-0.05, 0) is 30.3 Å². The Kier molecular flexibility index (Phi) is 3.92. The first-order chi connectivity index (χ1) is 10.2. The van der Waals surface area contributed by atoms with Gasteiger partial charge in [-0.3, -0.25) is 0 Å². The first-order valence-electron chi connectivity index (χ1n) is 6.22. The van der Waals surface area contributed by atoms with Gasteiger partial charge in [0.1, 0.15) is 12.4 Å². The molecule has 0 saturated heterocycles. The molecule has 3 rings (SSSR count). The number of halogens is 1. The van der Waals surface area contributed by atoms with Gasteiger partial charge in [0.05, 0.1) is 12.8 Å². The summed E-state index contributed by atoms with van der Waals surface area (Å²) in [4.78, 5) is 11.7. The minimum Gasteiger partial charge on any atom is -0.492 e. The van der Waals surface area contributed by atoms with Crippen molar-refractivity contribution < 1.29 is 13.6 Å². The zero-order chi connectivity index (χ0) is 14.7. The lowest BCUT2D eigenvalue weighted by molar-refractivity contribution is 0.285. The number of rotatable bonds is 5. The molecule has 0 atom stereocenters.